The zero-order valence-corrected chi connectivity index (χ0v) is 15.2. The Morgan fingerprint density at radius 3 is 1.89 bits per heavy atom. The summed E-state index contributed by atoms with van der Waals surface area (Å²) in [5, 5.41) is 1.89. The highest BCUT2D eigenvalue weighted by Gasteiger charge is 2.28. The number of fused-ring (bicyclic) bond motifs is 2. The molecule has 0 saturated carbocycles. The molecule has 0 aliphatic rings. The molecule has 134 valence electrons. The number of carbonyl (C=O) groups excluding carboxylic acids is 1. The molecular formula is C23H19NO3. The molecule has 0 aliphatic heterocycles. The number of ether oxygens (including phenoxy) is 2. The highest BCUT2D eigenvalue weighted by Crippen LogP contribution is 2.37. The number of para-hydroxylation sites is 2. The van der Waals surface area contributed by atoms with Crippen LogP contribution in [-0.2, 0) is 9.53 Å². The lowest BCUT2D eigenvalue weighted by atomic mass is 9.86. The quantitative estimate of drug-likeness (QED) is 0.392. The van der Waals surface area contributed by atoms with Gasteiger partial charge in [0.25, 0.3) is 0 Å². The monoisotopic (exact) mass is 357 g/mol. The van der Waals surface area contributed by atoms with Crippen LogP contribution in [0.1, 0.15) is 17.0 Å². The maximum Gasteiger partial charge on any atom is 0.317 e. The molecule has 0 amide bonds. The van der Waals surface area contributed by atoms with Gasteiger partial charge in [0.15, 0.2) is 0 Å². The van der Waals surface area contributed by atoms with Crippen LogP contribution < -0.4 is 4.74 Å². The number of rotatable bonds is 4. The summed E-state index contributed by atoms with van der Waals surface area (Å²) in [6.45, 7) is 0. The van der Waals surface area contributed by atoms with Gasteiger partial charge in [-0.05, 0) is 35.4 Å². The third-order valence-electron chi connectivity index (χ3n) is 4.80. The third kappa shape index (κ3) is 2.99. The smallest absolute Gasteiger partial charge is 0.317 e. The van der Waals surface area contributed by atoms with E-state index >= 15 is 0 Å². The van der Waals surface area contributed by atoms with Crippen LogP contribution in [0.4, 0.5) is 0 Å². The number of hydrogen-bond acceptors (Lipinski definition) is 4. The van der Waals surface area contributed by atoms with E-state index in [2.05, 4.69) is 0 Å². The van der Waals surface area contributed by atoms with Crippen molar-refractivity contribution >= 4 is 27.8 Å². The number of aromatic nitrogens is 1. The number of methoxy groups -OCH3 is 2. The summed E-state index contributed by atoms with van der Waals surface area (Å²) in [7, 11) is 3.04. The van der Waals surface area contributed by atoms with Crippen molar-refractivity contribution in [1.29, 1.82) is 0 Å². The predicted molar refractivity (Wildman–Crippen MR) is 106 cm³/mol. The predicted octanol–water partition coefficient (Wildman–Crippen LogP) is 4.70. The number of esters is 1. The summed E-state index contributed by atoms with van der Waals surface area (Å²) in [6.07, 6.45) is 0. The van der Waals surface area contributed by atoms with Gasteiger partial charge in [-0.2, -0.15) is 0 Å². The van der Waals surface area contributed by atoms with E-state index in [0.29, 0.717) is 0 Å². The van der Waals surface area contributed by atoms with Gasteiger partial charge in [0.1, 0.15) is 11.7 Å². The molecule has 1 unspecified atom stereocenters. The Morgan fingerprint density at radius 1 is 0.815 bits per heavy atom. The molecule has 0 fully saturated rings. The zero-order chi connectivity index (χ0) is 18.8. The SMILES string of the molecule is COC(=O)C(c1ccc(OC)cc1)c1c2ccccc2nc2ccccc12. The van der Waals surface area contributed by atoms with Crippen LogP contribution in [0.2, 0.25) is 0 Å². The van der Waals surface area contributed by atoms with Crippen LogP contribution in [0.5, 0.6) is 5.75 Å². The first-order valence-electron chi connectivity index (χ1n) is 8.72. The molecule has 1 heterocycles. The summed E-state index contributed by atoms with van der Waals surface area (Å²) in [5.41, 5.74) is 3.47. The molecule has 4 rings (SSSR count). The van der Waals surface area contributed by atoms with E-state index in [0.717, 1.165) is 38.7 Å². The fourth-order valence-electron chi connectivity index (χ4n) is 3.52. The van der Waals surface area contributed by atoms with Crippen molar-refractivity contribution in [3.8, 4) is 5.75 Å². The fourth-order valence-corrected chi connectivity index (χ4v) is 3.52. The molecule has 4 heteroatoms. The molecule has 1 aromatic heterocycles. The van der Waals surface area contributed by atoms with Crippen LogP contribution in [-0.4, -0.2) is 25.2 Å². The van der Waals surface area contributed by atoms with E-state index in [1.165, 1.54) is 7.11 Å². The van der Waals surface area contributed by atoms with Gasteiger partial charge in [-0.1, -0.05) is 48.5 Å². The van der Waals surface area contributed by atoms with Crippen molar-refractivity contribution in [3.63, 3.8) is 0 Å². The second kappa shape index (κ2) is 7.08. The number of nitrogens with zero attached hydrogens (tertiary/aromatic N) is 1. The lowest BCUT2D eigenvalue weighted by Crippen LogP contribution is -2.17. The molecule has 0 N–H and O–H groups in total. The van der Waals surface area contributed by atoms with Crippen molar-refractivity contribution in [2.75, 3.05) is 14.2 Å². The topological polar surface area (TPSA) is 48.4 Å². The van der Waals surface area contributed by atoms with Crippen LogP contribution in [0.3, 0.4) is 0 Å². The maximum absolute atomic E-state index is 12.9. The minimum atomic E-state index is -0.557. The third-order valence-corrected chi connectivity index (χ3v) is 4.80. The minimum absolute atomic E-state index is 0.304. The molecule has 0 spiro atoms. The number of hydrogen-bond donors (Lipinski definition) is 0. The molecule has 0 radical (unpaired) electrons. The van der Waals surface area contributed by atoms with E-state index < -0.39 is 5.92 Å². The Morgan fingerprint density at radius 2 is 1.37 bits per heavy atom. The van der Waals surface area contributed by atoms with Gasteiger partial charge >= 0.3 is 5.97 Å². The van der Waals surface area contributed by atoms with Gasteiger partial charge in [-0.25, -0.2) is 4.98 Å². The Bertz CT molecular complexity index is 1070. The van der Waals surface area contributed by atoms with Gasteiger partial charge in [0.2, 0.25) is 0 Å². The number of carbonyl (C=O) groups is 1. The van der Waals surface area contributed by atoms with E-state index in [-0.39, 0.29) is 5.97 Å². The Hall–Kier alpha value is -3.40. The van der Waals surface area contributed by atoms with Crippen molar-refractivity contribution in [2.24, 2.45) is 0 Å². The van der Waals surface area contributed by atoms with E-state index in [9.17, 15) is 4.79 Å². The average molecular weight is 357 g/mol. The zero-order valence-electron chi connectivity index (χ0n) is 15.2. The standard InChI is InChI=1S/C23H19NO3/c1-26-16-13-11-15(12-14-16)21(23(25)27-2)22-17-7-3-5-9-19(17)24-20-10-6-4-8-18(20)22/h3-14,21H,1-2H3. The molecule has 3 aromatic carbocycles. The fraction of sp³-hybridized carbons (Fsp3) is 0.130. The summed E-state index contributed by atoms with van der Waals surface area (Å²) >= 11 is 0. The molecule has 1 atom stereocenters. The van der Waals surface area contributed by atoms with Gasteiger partial charge in [-0.3, -0.25) is 4.79 Å². The van der Waals surface area contributed by atoms with Crippen LogP contribution >= 0.6 is 0 Å². The van der Waals surface area contributed by atoms with Crippen LogP contribution in [0.15, 0.2) is 72.8 Å². The summed E-state index contributed by atoms with van der Waals surface area (Å²) in [6, 6.07) is 23.3. The highest BCUT2D eigenvalue weighted by atomic mass is 16.5. The molecule has 0 bridgehead atoms. The van der Waals surface area contributed by atoms with Crippen molar-refractivity contribution in [3.05, 3.63) is 83.9 Å². The summed E-state index contributed by atoms with van der Waals surface area (Å²) < 4.78 is 10.4. The largest absolute Gasteiger partial charge is 0.497 e. The minimum Gasteiger partial charge on any atom is -0.497 e. The van der Waals surface area contributed by atoms with Crippen molar-refractivity contribution in [2.45, 2.75) is 5.92 Å². The maximum atomic E-state index is 12.9. The van der Waals surface area contributed by atoms with Crippen LogP contribution in [0.25, 0.3) is 21.8 Å². The average Bonchev–Trinajstić information content (AvgIpc) is 2.73. The molecule has 4 nitrogen and oxygen atoms in total. The van der Waals surface area contributed by atoms with Crippen LogP contribution in [0, 0.1) is 0 Å². The number of pyridine rings is 1. The lowest BCUT2D eigenvalue weighted by molar-refractivity contribution is -0.141. The molecule has 0 aliphatic carbocycles. The number of benzene rings is 3. The Kier molecular flexibility index (Phi) is 4.47. The summed E-state index contributed by atoms with van der Waals surface area (Å²) in [5.74, 6) is -0.118. The van der Waals surface area contributed by atoms with E-state index in [1.807, 2.05) is 72.8 Å². The Balaban J connectivity index is 2.06. The summed E-state index contributed by atoms with van der Waals surface area (Å²) in [4.78, 5) is 17.6. The molecule has 0 saturated heterocycles. The highest BCUT2D eigenvalue weighted by molar-refractivity contribution is 6.02. The van der Waals surface area contributed by atoms with Gasteiger partial charge < -0.3 is 9.47 Å². The van der Waals surface area contributed by atoms with Gasteiger partial charge in [0.05, 0.1) is 25.3 Å². The second-order valence-corrected chi connectivity index (χ2v) is 6.29. The van der Waals surface area contributed by atoms with Gasteiger partial charge in [0, 0.05) is 10.8 Å². The normalized spacial score (nSPS) is 12.1. The Labute approximate surface area is 157 Å². The van der Waals surface area contributed by atoms with Crippen molar-refractivity contribution < 1.29 is 14.3 Å². The molecule has 27 heavy (non-hydrogen) atoms. The van der Waals surface area contributed by atoms with E-state index in [4.69, 9.17) is 14.5 Å². The van der Waals surface area contributed by atoms with Crippen molar-refractivity contribution in [1.82, 2.24) is 4.98 Å². The lowest BCUT2D eigenvalue weighted by Gasteiger charge is -2.20. The van der Waals surface area contributed by atoms with E-state index in [1.54, 1.807) is 7.11 Å². The molecular weight excluding hydrogens is 338 g/mol. The molecule has 4 aromatic rings. The first kappa shape index (κ1) is 17.0. The second-order valence-electron chi connectivity index (χ2n) is 6.29. The first-order valence-corrected chi connectivity index (χ1v) is 8.72. The van der Waals surface area contributed by atoms with Gasteiger partial charge in [-0.15, -0.1) is 0 Å². The first-order chi connectivity index (χ1) is 13.2.